The Hall–Kier alpha value is -1.64. The minimum Gasteiger partial charge on any atom is -0.756 e. The predicted molar refractivity (Wildman–Crippen MR) is 402 cm³/mol. The predicted octanol–water partition coefficient (Wildman–Crippen LogP) is 8.56. The van der Waals surface area contributed by atoms with Crippen molar-refractivity contribution in [1.29, 1.82) is 0 Å². The van der Waals surface area contributed by atoms with Crippen molar-refractivity contribution >= 4 is 51.2 Å². The third kappa shape index (κ3) is 73.6. The maximum atomic E-state index is 13.6. The number of rotatable bonds is 76. The summed E-state index contributed by atoms with van der Waals surface area (Å²) < 4.78 is 69.7. The Morgan fingerprint density at radius 3 is 1.01 bits per heavy atom. The molecule has 0 saturated heterocycles. The molecule has 6 N–H and O–H groups in total. The van der Waals surface area contributed by atoms with Crippen molar-refractivity contribution in [3.63, 3.8) is 0 Å². The number of allylic oxidation sites excluding steroid dienone is 4. The molecule has 24 nitrogen and oxygen atoms in total. The van der Waals surface area contributed by atoms with Crippen LogP contribution in [0.3, 0.4) is 0 Å². The molecule has 0 fully saturated rings. The van der Waals surface area contributed by atoms with E-state index in [-0.39, 0.29) is 124 Å². The summed E-state index contributed by atoms with van der Waals surface area (Å²) in [6, 6.07) is -2.01. The Bertz CT molecular complexity index is 2120. The van der Waals surface area contributed by atoms with Crippen LogP contribution in [0.5, 0.6) is 0 Å². The van der Waals surface area contributed by atoms with E-state index in [0.29, 0.717) is 51.4 Å². The summed E-state index contributed by atoms with van der Waals surface area (Å²) in [6.45, 7) is 9.66. The Labute approximate surface area is 678 Å². The number of ether oxygens (including phenoxy) is 4. The number of aliphatic hydroxyl groups is 2. The number of aliphatic hydroxyl groups excluding tert-OH is 2. The van der Waals surface area contributed by atoms with E-state index in [2.05, 4.69) is 87.1 Å². The van der Waals surface area contributed by atoms with E-state index in [4.69, 9.17) is 37.0 Å². The van der Waals surface area contributed by atoms with Crippen LogP contribution in [-0.2, 0) is 74.9 Å². The molecular weight excluding hydrogens is 1410 g/mol. The van der Waals surface area contributed by atoms with Crippen LogP contribution in [0.15, 0.2) is 24.3 Å². The second-order valence-electron chi connectivity index (χ2n) is 27.5. The smallest absolute Gasteiger partial charge is 0.756 e. The van der Waals surface area contributed by atoms with Crippen molar-refractivity contribution in [3.8, 4) is 0 Å². The molecule has 0 rings (SSSR count). The number of unbranched alkanes of at least 4 members (excludes halogenated alkanes) is 26. The van der Waals surface area contributed by atoms with Gasteiger partial charge in [0.15, 0.2) is 0 Å². The molecule has 0 aliphatic rings. The number of hydrogen-bond acceptors (Lipinski definition) is 20. The number of nitrogens with one attached hydrogen (secondary N) is 4. The molecular formula is C77H144N4Na2O20P2. The first-order valence-electron chi connectivity index (χ1n) is 40.2. The van der Waals surface area contributed by atoms with Gasteiger partial charge in [0.25, 0.3) is 15.6 Å². The van der Waals surface area contributed by atoms with Crippen molar-refractivity contribution in [1.82, 2.24) is 21.3 Å². The number of hydrogen-bond donors (Lipinski definition) is 6. The quantitative estimate of drug-likeness (QED) is 0.00829. The Morgan fingerprint density at radius 1 is 0.371 bits per heavy atom. The average Bonchev–Trinajstić information content (AvgIpc) is 0.914. The van der Waals surface area contributed by atoms with Gasteiger partial charge in [-0.3, -0.25) is 37.9 Å². The van der Waals surface area contributed by atoms with Crippen LogP contribution >= 0.6 is 15.6 Å². The summed E-state index contributed by atoms with van der Waals surface area (Å²) in [5.74, 6) is -3.44. The van der Waals surface area contributed by atoms with Gasteiger partial charge in [-0.25, -0.2) is 0 Å². The summed E-state index contributed by atoms with van der Waals surface area (Å²) in [4.78, 5) is 105. The van der Waals surface area contributed by atoms with Gasteiger partial charge in [-0.05, 0) is 103 Å². The Kier molecular flexibility index (Phi) is 78.2. The average molecular weight is 1550 g/mol. The van der Waals surface area contributed by atoms with E-state index in [1.807, 2.05) is 0 Å². The van der Waals surface area contributed by atoms with Gasteiger partial charge in [-0.1, -0.05) is 220 Å². The first kappa shape index (κ1) is 108. The van der Waals surface area contributed by atoms with E-state index in [1.165, 1.54) is 38.5 Å². The van der Waals surface area contributed by atoms with Gasteiger partial charge >= 0.3 is 71.1 Å². The van der Waals surface area contributed by atoms with Crippen molar-refractivity contribution in [3.05, 3.63) is 24.3 Å². The summed E-state index contributed by atoms with van der Waals surface area (Å²) in [6.07, 6.45) is 42.2. The summed E-state index contributed by atoms with van der Waals surface area (Å²) in [5.41, 5.74) is 0. The van der Waals surface area contributed by atoms with Gasteiger partial charge in [0, 0.05) is 39.1 Å². The normalized spacial score (nSPS) is 14.4. The molecule has 0 bridgehead atoms. The fraction of sp³-hybridized carbons (Fsp3) is 0.870. The second-order valence-corrected chi connectivity index (χ2v) is 30.3. The van der Waals surface area contributed by atoms with Crippen molar-refractivity contribution in [2.24, 2.45) is 0 Å². The van der Waals surface area contributed by atoms with Crippen molar-refractivity contribution < 1.29 is 154 Å². The summed E-state index contributed by atoms with van der Waals surface area (Å²) >= 11 is 0. The first-order valence-corrected chi connectivity index (χ1v) is 43.2. The molecule has 0 radical (unpaired) electrons. The van der Waals surface area contributed by atoms with Crippen LogP contribution < -0.4 is 90.2 Å². The van der Waals surface area contributed by atoms with Gasteiger partial charge in [0.05, 0.1) is 76.8 Å². The molecule has 0 aromatic heterocycles. The first-order chi connectivity index (χ1) is 49.7. The van der Waals surface area contributed by atoms with Crippen LogP contribution in [0, 0.1) is 0 Å². The number of carbonyl (C=O) groups is 6. The Morgan fingerprint density at radius 2 is 0.676 bits per heavy atom. The molecule has 0 spiro atoms. The van der Waals surface area contributed by atoms with Gasteiger partial charge in [0.2, 0.25) is 23.6 Å². The van der Waals surface area contributed by atoms with Gasteiger partial charge in [-0.15, -0.1) is 0 Å². The summed E-state index contributed by atoms with van der Waals surface area (Å²) in [7, 11) is -10.1. The number of phosphoric ester groups is 2. The van der Waals surface area contributed by atoms with E-state index >= 15 is 0 Å². The molecule has 0 saturated carbocycles. The van der Waals surface area contributed by atoms with Crippen LogP contribution in [0.25, 0.3) is 0 Å². The Balaban J connectivity index is -0.0000520. The van der Waals surface area contributed by atoms with Crippen LogP contribution in [0.2, 0.25) is 0 Å². The molecule has 8 atom stereocenters. The maximum Gasteiger partial charge on any atom is 1.00 e. The zero-order valence-electron chi connectivity index (χ0n) is 66.8. The van der Waals surface area contributed by atoms with Gasteiger partial charge < -0.3 is 78.3 Å². The molecule has 0 aromatic carbocycles. The van der Waals surface area contributed by atoms with E-state index < -0.39 is 121 Å². The topological polar surface area (TPSA) is 345 Å². The van der Waals surface area contributed by atoms with E-state index in [9.17, 15) is 57.9 Å². The fourth-order valence-corrected chi connectivity index (χ4v) is 12.7. The molecule has 0 aliphatic carbocycles. The van der Waals surface area contributed by atoms with Gasteiger partial charge in [-0.2, -0.15) is 0 Å². The third-order valence-corrected chi connectivity index (χ3v) is 19.3. The van der Waals surface area contributed by atoms with Crippen LogP contribution in [-0.4, -0.2) is 148 Å². The number of carbonyl (C=O) groups excluding carboxylic acids is 6. The molecule has 4 unspecified atom stereocenters. The zero-order chi connectivity index (χ0) is 76.1. The molecule has 0 aliphatic heterocycles. The minimum absolute atomic E-state index is 0. The number of phosphoric acid groups is 2. The largest absolute Gasteiger partial charge is 1.00 e. The zero-order valence-corrected chi connectivity index (χ0v) is 72.6. The SMILES string of the molecule is CCCCCC/C=C\CCCC(=O)O[C@H](CCCCCCC)CC(=O)NC(COCC[C@H](O)CCCCCCC)COP(=O)([O-])OCCNC(=O)CC(=O)NCCOP(=O)([O-])OCC(COCC[C@H](O)CCCCCCC)NC(=O)C[C@@H](CCCCCCC)OC(=O)CCC/C=C\CCCCCC.[Na+].[Na+]. The van der Waals surface area contributed by atoms with E-state index in [1.54, 1.807) is 0 Å². The molecule has 604 valence electrons. The summed E-state index contributed by atoms with van der Waals surface area (Å²) in [5, 5.41) is 31.4. The second kappa shape index (κ2) is 76.4. The molecule has 4 amide bonds. The molecule has 0 aromatic rings. The van der Waals surface area contributed by atoms with Crippen molar-refractivity contribution in [2.75, 3.05) is 65.9 Å². The molecule has 0 heterocycles. The van der Waals surface area contributed by atoms with Crippen LogP contribution in [0.1, 0.15) is 330 Å². The maximum absolute atomic E-state index is 13.6. The monoisotopic (exact) mass is 1550 g/mol. The van der Waals surface area contributed by atoms with Gasteiger partial charge in [0.1, 0.15) is 18.6 Å². The molecule has 28 heteroatoms. The number of amides is 4. The fourth-order valence-electron chi connectivity index (χ4n) is 11.2. The van der Waals surface area contributed by atoms with Crippen molar-refractivity contribution in [2.45, 2.75) is 367 Å². The standard InChI is InChI=1S/C77H146N4O20P2.2Na/c1-7-13-19-25-27-29-31-37-43-49-76(88)100-70(47-41-35-23-17-11-5)59-74(86)80-66(62-94-55-51-68(82)45-39-33-21-15-9-3)64-98-102(90,91)96-57-53-78-72(84)61-73(85)79-54-58-97-103(92,93)99-65-67(63-95-56-52-69(83)46-40-34-22-16-10-4)81-75(87)60-71(48-42-36-24-18-12-6)101-77(89)50-44-38-32-30-28-26-20-14-8-2;;/h29-32,66-71,82-83H,7-28,33-65H2,1-6H3,(H,78,84)(H,79,85)(H,80,86)(H,81,87)(H,90,91)(H,92,93);;/q;2*+1/p-2/b31-29-,32-30-;;/t66?,67?,68-,69-,70-,71-;;/m1../s1. The number of esters is 2. The minimum atomic E-state index is -5.06. The van der Waals surface area contributed by atoms with E-state index in [0.717, 1.165) is 167 Å². The molecule has 105 heavy (non-hydrogen) atoms. The third-order valence-electron chi connectivity index (χ3n) is 17.3. The van der Waals surface area contributed by atoms with Crippen LogP contribution in [0.4, 0.5) is 0 Å².